The molecule has 5 nitrogen and oxygen atoms in total. The minimum Gasteiger partial charge on any atom is -0.493 e. The van der Waals surface area contributed by atoms with Crippen LogP contribution in [0.3, 0.4) is 0 Å². The summed E-state index contributed by atoms with van der Waals surface area (Å²) >= 11 is 0. The van der Waals surface area contributed by atoms with Crippen molar-refractivity contribution < 1.29 is 23.7 Å². The first kappa shape index (κ1) is 19.5. The summed E-state index contributed by atoms with van der Waals surface area (Å²) in [6.45, 7) is 0. The largest absolute Gasteiger partial charge is 0.493 e. The highest BCUT2D eigenvalue weighted by Crippen LogP contribution is 2.37. The Morgan fingerprint density at radius 1 is 0.679 bits per heavy atom. The molecule has 146 valence electrons. The molecule has 1 saturated carbocycles. The predicted octanol–water partition coefficient (Wildman–Crippen LogP) is 4.55. The first-order valence-electron chi connectivity index (χ1n) is 9.00. The normalized spacial score (nSPS) is 16.5. The maximum absolute atomic E-state index is 12.9. The summed E-state index contributed by atoms with van der Waals surface area (Å²) in [6, 6.07) is 11.2. The van der Waals surface area contributed by atoms with Gasteiger partial charge in [-0.05, 0) is 37.1 Å². The molecule has 0 bridgehead atoms. The fourth-order valence-electron chi connectivity index (χ4n) is 3.40. The highest BCUT2D eigenvalue weighted by molar-refractivity contribution is 6.15. The number of Topliss-reactive ketones (excluding diaryl/α,β-unsaturated/α-hetero) is 1. The summed E-state index contributed by atoms with van der Waals surface area (Å²) in [5.74, 6) is 2.56. The van der Waals surface area contributed by atoms with Crippen LogP contribution in [0.5, 0.6) is 23.0 Å². The molecule has 0 amide bonds. The van der Waals surface area contributed by atoms with E-state index in [9.17, 15) is 4.79 Å². The van der Waals surface area contributed by atoms with E-state index < -0.39 is 0 Å². The quantitative estimate of drug-likeness (QED) is 0.688. The number of hydrogen-bond acceptors (Lipinski definition) is 5. The molecule has 2 aromatic rings. The molecule has 0 aromatic heterocycles. The Morgan fingerprint density at radius 3 is 1.46 bits per heavy atom. The lowest BCUT2D eigenvalue weighted by molar-refractivity contribution is -0.111. The zero-order chi connectivity index (χ0) is 20.1. The molecule has 0 saturated heterocycles. The minimum atomic E-state index is 0.0368. The zero-order valence-corrected chi connectivity index (χ0v) is 16.6. The third-order valence-corrected chi connectivity index (χ3v) is 4.77. The van der Waals surface area contributed by atoms with Crippen molar-refractivity contribution in [2.24, 2.45) is 0 Å². The fourth-order valence-corrected chi connectivity index (χ4v) is 3.40. The van der Waals surface area contributed by atoms with E-state index in [0.29, 0.717) is 35.8 Å². The van der Waals surface area contributed by atoms with Gasteiger partial charge in [-0.15, -0.1) is 0 Å². The van der Waals surface area contributed by atoms with Crippen molar-refractivity contribution in [3.63, 3.8) is 0 Å². The monoisotopic (exact) mass is 380 g/mol. The molecule has 0 aliphatic heterocycles. The van der Waals surface area contributed by atoms with E-state index in [-0.39, 0.29) is 5.78 Å². The summed E-state index contributed by atoms with van der Waals surface area (Å²) in [6.07, 6.45) is 5.12. The highest BCUT2D eigenvalue weighted by atomic mass is 16.5. The fraction of sp³-hybridized carbons (Fsp3) is 0.261. The first-order valence-corrected chi connectivity index (χ1v) is 9.00. The van der Waals surface area contributed by atoms with Crippen molar-refractivity contribution in [2.45, 2.75) is 12.8 Å². The van der Waals surface area contributed by atoms with Gasteiger partial charge in [0, 0.05) is 22.3 Å². The van der Waals surface area contributed by atoms with Crippen LogP contribution in [0.4, 0.5) is 0 Å². The second-order valence-corrected chi connectivity index (χ2v) is 6.33. The number of allylic oxidation sites excluding steroid dienone is 2. The van der Waals surface area contributed by atoms with Crippen molar-refractivity contribution in [3.05, 3.63) is 58.7 Å². The van der Waals surface area contributed by atoms with Gasteiger partial charge in [0.25, 0.3) is 0 Å². The predicted molar refractivity (Wildman–Crippen MR) is 109 cm³/mol. The van der Waals surface area contributed by atoms with Crippen LogP contribution < -0.4 is 18.9 Å². The SMILES string of the molecule is COc1cccc(C=C2CCC(=Cc3cccc(OC)c3OC)C2=O)c1OC. The molecule has 0 radical (unpaired) electrons. The number of para-hydroxylation sites is 2. The van der Waals surface area contributed by atoms with Gasteiger partial charge in [0.1, 0.15) is 0 Å². The zero-order valence-electron chi connectivity index (χ0n) is 16.6. The van der Waals surface area contributed by atoms with Crippen LogP contribution in [0.25, 0.3) is 12.2 Å². The van der Waals surface area contributed by atoms with E-state index in [2.05, 4.69) is 0 Å². The van der Waals surface area contributed by atoms with E-state index in [0.717, 1.165) is 22.3 Å². The van der Waals surface area contributed by atoms with Gasteiger partial charge in [0.2, 0.25) is 0 Å². The Balaban J connectivity index is 1.95. The number of ether oxygens (including phenoxy) is 4. The standard InChI is InChI=1S/C23H24O5/c1-25-19-9-5-7-17(22(19)27-3)13-15-11-12-16(21(15)24)14-18-8-6-10-20(26-2)23(18)28-4/h5-10,13-14H,11-12H2,1-4H3. The molecule has 1 aliphatic rings. The molecule has 28 heavy (non-hydrogen) atoms. The lowest BCUT2D eigenvalue weighted by Gasteiger charge is -2.11. The second-order valence-electron chi connectivity index (χ2n) is 6.33. The Hall–Kier alpha value is -3.21. The lowest BCUT2D eigenvalue weighted by atomic mass is 10.1. The second kappa shape index (κ2) is 8.65. The number of hydrogen-bond donors (Lipinski definition) is 0. The molecule has 3 rings (SSSR count). The van der Waals surface area contributed by atoms with Crippen molar-refractivity contribution in [2.75, 3.05) is 28.4 Å². The maximum atomic E-state index is 12.9. The van der Waals surface area contributed by atoms with Crippen LogP contribution in [-0.4, -0.2) is 34.2 Å². The number of methoxy groups -OCH3 is 4. The summed E-state index contributed by atoms with van der Waals surface area (Å²) in [7, 11) is 6.38. The van der Waals surface area contributed by atoms with Crippen LogP contribution in [0.2, 0.25) is 0 Å². The van der Waals surface area contributed by atoms with E-state index in [1.807, 2.05) is 48.6 Å². The molecule has 0 unspecified atom stereocenters. The van der Waals surface area contributed by atoms with Gasteiger partial charge in [-0.25, -0.2) is 0 Å². The highest BCUT2D eigenvalue weighted by Gasteiger charge is 2.24. The number of rotatable bonds is 6. The van der Waals surface area contributed by atoms with Gasteiger partial charge in [-0.3, -0.25) is 4.79 Å². The third kappa shape index (κ3) is 3.74. The van der Waals surface area contributed by atoms with Crippen molar-refractivity contribution in [1.82, 2.24) is 0 Å². The van der Waals surface area contributed by atoms with Gasteiger partial charge in [0.15, 0.2) is 28.8 Å². The van der Waals surface area contributed by atoms with E-state index in [1.54, 1.807) is 28.4 Å². The third-order valence-electron chi connectivity index (χ3n) is 4.77. The molecule has 1 aliphatic carbocycles. The molecule has 0 N–H and O–H groups in total. The maximum Gasteiger partial charge on any atom is 0.185 e. The van der Waals surface area contributed by atoms with Crippen LogP contribution in [0.1, 0.15) is 24.0 Å². The summed E-state index contributed by atoms with van der Waals surface area (Å²) < 4.78 is 21.6. The van der Waals surface area contributed by atoms with E-state index in [1.165, 1.54) is 0 Å². The smallest absolute Gasteiger partial charge is 0.185 e. The summed E-state index contributed by atoms with van der Waals surface area (Å²) in [5, 5.41) is 0. The Labute approximate surface area is 165 Å². The van der Waals surface area contributed by atoms with Crippen molar-refractivity contribution in [3.8, 4) is 23.0 Å². The Kier molecular flexibility index (Phi) is 6.04. The van der Waals surface area contributed by atoms with Crippen molar-refractivity contribution in [1.29, 1.82) is 0 Å². The van der Waals surface area contributed by atoms with Crippen LogP contribution in [0.15, 0.2) is 47.5 Å². The van der Waals surface area contributed by atoms with E-state index in [4.69, 9.17) is 18.9 Å². The minimum absolute atomic E-state index is 0.0368. The Bertz CT molecular complexity index is 865. The molecule has 5 heteroatoms. The molecule has 0 heterocycles. The average Bonchev–Trinajstić information content (AvgIpc) is 3.06. The van der Waals surface area contributed by atoms with Crippen LogP contribution in [-0.2, 0) is 4.79 Å². The first-order chi connectivity index (χ1) is 13.6. The molecular formula is C23H24O5. The average molecular weight is 380 g/mol. The summed E-state index contributed by atoms with van der Waals surface area (Å²) in [5.41, 5.74) is 3.15. The molecule has 2 aromatic carbocycles. The van der Waals surface area contributed by atoms with E-state index >= 15 is 0 Å². The summed E-state index contributed by atoms with van der Waals surface area (Å²) in [4.78, 5) is 12.9. The van der Waals surface area contributed by atoms with Gasteiger partial charge in [-0.1, -0.05) is 24.3 Å². The van der Waals surface area contributed by atoms with Crippen LogP contribution in [0, 0.1) is 0 Å². The Morgan fingerprint density at radius 2 is 1.11 bits per heavy atom. The number of benzene rings is 2. The van der Waals surface area contributed by atoms with Gasteiger partial charge >= 0.3 is 0 Å². The number of carbonyl (C=O) groups excluding carboxylic acids is 1. The molecule has 0 spiro atoms. The van der Waals surface area contributed by atoms with Gasteiger partial charge in [-0.2, -0.15) is 0 Å². The topological polar surface area (TPSA) is 54.0 Å². The number of carbonyl (C=O) groups is 1. The van der Waals surface area contributed by atoms with Crippen LogP contribution >= 0.6 is 0 Å². The van der Waals surface area contributed by atoms with Gasteiger partial charge < -0.3 is 18.9 Å². The molecular weight excluding hydrogens is 356 g/mol. The number of ketones is 1. The molecule has 0 atom stereocenters. The van der Waals surface area contributed by atoms with Crippen molar-refractivity contribution >= 4 is 17.9 Å². The lowest BCUT2D eigenvalue weighted by Crippen LogP contribution is -1.98. The molecule has 1 fully saturated rings. The van der Waals surface area contributed by atoms with Gasteiger partial charge in [0.05, 0.1) is 28.4 Å².